The summed E-state index contributed by atoms with van der Waals surface area (Å²) >= 11 is 0. The molecule has 1 amide bonds. The molecule has 0 bridgehead atoms. The highest BCUT2D eigenvalue weighted by molar-refractivity contribution is 5.84. The van der Waals surface area contributed by atoms with Crippen LogP contribution < -0.4 is 5.73 Å². The predicted octanol–water partition coefficient (Wildman–Crippen LogP) is 0.609. The van der Waals surface area contributed by atoms with E-state index in [0.29, 0.717) is 5.56 Å². The van der Waals surface area contributed by atoms with Crippen molar-refractivity contribution in [3.05, 3.63) is 34.4 Å². The average molecular weight is 308 g/mol. The van der Waals surface area contributed by atoms with Gasteiger partial charge < -0.3 is 15.9 Å². The predicted molar refractivity (Wildman–Crippen MR) is 79.4 cm³/mol. The molecule has 0 aliphatic carbocycles. The molecule has 1 atom stereocenters. The SMILES string of the molecule is Cc1cc(C)c([C@H](C(N)=O)N(CC(=O)O)CC(=O)O)c(C)c1. The molecule has 120 valence electrons. The second-order valence-electron chi connectivity index (χ2n) is 5.31. The maximum Gasteiger partial charge on any atom is 0.317 e. The Morgan fingerprint density at radius 3 is 1.77 bits per heavy atom. The monoisotopic (exact) mass is 308 g/mol. The van der Waals surface area contributed by atoms with Gasteiger partial charge in [-0.2, -0.15) is 0 Å². The number of aryl methyl sites for hydroxylation is 3. The Bertz CT molecular complexity index is 573. The van der Waals surface area contributed by atoms with E-state index in [0.717, 1.165) is 21.6 Å². The fourth-order valence-electron chi connectivity index (χ4n) is 2.71. The van der Waals surface area contributed by atoms with Gasteiger partial charge in [-0.15, -0.1) is 0 Å². The fourth-order valence-corrected chi connectivity index (χ4v) is 2.71. The van der Waals surface area contributed by atoms with Crippen molar-refractivity contribution in [2.24, 2.45) is 5.73 Å². The Labute approximate surface area is 128 Å². The number of carboxylic acid groups (broad SMARTS) is 2. The van der Waals surface area contributed by atoms with Gasteiger partial charge in [-0.3, -0.25) is 19.3 Å². The van der Waals surface area contributed by atoms with Crippen LogP contribution in [-0.4, -0.2) is 46.0 Å². The van der Waals surface area contributed by atoms with E-state index in [1.807, 2.05) is 19.1 Å². The van der Waals surface area contributed by atoms with Crippen LogP contribution in [0.1, 0.15) is 28.3 Å². The van der Waals surface area contributed by atoms with E-state index in [4.69, 9.17) is 15.9 Å². The number of aliphatic carboxylic acids is 2. The molecular formula is C15H20N2O5. The summed E-state index contributed by atoms with van der Waals surface area (Å²) in [5.74, 6) is -3.23. The number of primary amides is 1. The molecule has 1 aromatic rings. The van der Waals surface area contributed by atoms with Gasteiger partial charge in [-0.05, 0) is 37.5 Å². The number of nitrogens with zero attached hydrogens (tertiary/aromatic N) is 1. The smallest absolute Gasteiger partial charge is 0.317 e. The minimum Gasteiger partial charge on any atom is -0.480 e. The topological polar surface area (TPSA) is 121 Å². The molecule has 22 heavy (non-hydrogen) atoms. The molecule has 0 radical (unpaired) electrons. The lowest BCUT2D eigenvalue weighted by atomic mass is 9.92. The normalized spacial score (nSPS) is 12.2. The summed E-state index contributed by atoms with van der Waals surface area (Å²) in [7, 11) is 0. The van der Waals surface area contributed by atoms with Crippen LogP contribution in [0.2, 0.25) is 0 Å². The summed E-state index contributed by atoms with van der Waals surface area (Å²) in [5, 5.41) is 17.9. The summed E-state index contributed by atoms with van der Waals surface area (Å²) < 4.78 is 0. The summed E-state index contributed by atoms with van der Waals surface area (Å²) in [6.45, 7) is 4.28. The highest BCUT2D eigenvalue weighted by Crippen LogP contribution is 2.28. The maximum absolute atomic E-state index is 11.9. The van der Waals surface area contributed by atoms with Crippen molar-refractivity contribution in [2.45, 2.75) is 26.8 Å². The van der Waals surface area contributed by atoms with E-state index in [-0.39, 0.29) is 0 Å². The van der Waals surface area contributed by atoms with Crippen LogP contribution in [0, 0.1) is 20.8 Å². The zero-order chi connectivity index (χ0) is 17.0. The van der Waals surface area contributed by atoms with E-state index in [9.17, 15) is 14.4 Å². The molecule has 0 saturated heterocycles. The minimum absolute atomic E-state index is 0.556. The third kappa shape index (κ3) is 4.29. The number of benzene rings is 1. The largest absolute Gasteiger partial charge is 0.480 e. The first-order valence-electron chi connectivity index (χ1n) is 6.68. The van der Waals surface area contributed by atoms with Crippen LogP contribution in [0.4, 0.5) is 0 Å². The van der Waals surface area contributed by atoms with Crippen molar-refractivity contribution in [1.82, 2.24) is 4.90 Å². The molecule has 0 unspecified atom stereocenters. The van der Waals surface area contributed by atoms with Crippen molar-refractivity contribution in [2.75, 3.05) is 13.1 Å². The second-order valence-corrected chi connectivity index (χ2v) is 5.31. The van der Waals surface area contributed by atoms with Gasteiger partial charge in [0.1, 0.15) is 6.04 Å². The Morgan fingerprint density at radius 2 is 1.45 bits per heavy atom. The average Bonchev–Trinajstić information content (AvgIpc) is 2.30. The van der Waals surface area contributed by atoms with Crippen LogP contribution in [-0.2, 0) is 14.4 Å². The number of hydrogen-bond donors (Lipinski definition) is 3. The number of rotatable bonds is 7. The molecule has 0 spiro atoms. The molecule has 0 aromatic heterocycles. The van der Waals surface area contributed by atoms with Crippen LogP contribution in [0.3, 0.4) is 0 Å². The van der Waals surface area contributed by atoms with Crippen molar-refractivity contribution >= 4 is 17.8 Å². The van der Waals surface area contributed by atoms with Gasteiger partial charge in [-0.1, -0.05) is 17.7 Å². The third-order valence-electron chi connectivity index (χ3n) is 3.32. The maximum atomic E-state index is 11.9. The van der Waals surface area contributed by atoms with Crippen molar-refractivity contribution < 1.29 is 24.6 Å². The van der Waals surface area contributed by atoms with E-state index >= 15 is 0 Å². The highest BCUT2D eigenvalue weighted by Gasteiger charge is 2.31. The van der Waals surface area contributed by atoms with Gasteiger partial charge >= 0.3 is 11.9 Å². The van der Waals surface area contributed by atoms with E-state index < -0.39 is 37.0 Å². The van der Waals surface area contributed by atoms with Crippen LogP contribution in [0.5, 0.6) is 0 Å². The molecule has 7 heteroatoms. The van der Waals surface area contributed by atoms with E-state index in [1.54, 1.807) is 13.8 Å². The van der Waals surface area contributed by atoms with Gasteiger partial charge in [0, 0.05) is 0 Å². The zero-order valence-corrected chi connectivity index (χ0v) is 12.8. The lowest BCUT2D eigenvalue weighted by Crippen LogP contribution is -2.43. The zero-order valence-electron chi connectivity index (χ0n) is 12.8. The standard InChI is InChI=1S/C15H20N2O5/c1-8-4-9(2)13(10(3)5-8)14(15(16)22)17(6-11(18)19)7-12(20)21/h4-5,14H,6-7H2,1-3H3,(H2,16,22)(H,18,19)(H,20,21)/t14-/m1/s1. The third-order valence-corrected chi connectivity index (χ3v) is 3.32. The summed E-state index contributed by atoms with van der Waals surface area (Å²) in [6.07, 6.45) is 0. The molecular weight excluding hydrogens is 288 g/mol. The van der Waals surface area contributed by atoms with Gasteiger partial charge in [0.2, 0.25) is 5.91 Å². The molecule has 0 aliphatic heterocycles. The Kier molecular flexibility index (Phi) is 5.64. The number of amides is 1. The molecule has 1 aromatic carbocycles. The fraction of sp³-hybridized carbons (Fsp3) is 0.400. The Hall–Kier alpha value is -2.41. The lowest BCUT2D eigenvalue weighted by Gasteiger charge is -2.29. The van der Waals surface area contributed by atoms with Crippen molar-refractivity contribution in [3.8, 4) is 0 Å². The lowest BCUT2D eigenvalue weighted by molar-refractivity contribution is -0.144. The first kappa shape index (κ1) is 17.6. The van der Waals surface area contributed by atoms with Crippen LogP contribution >= 0.6 is 0 Å². The van der Waals surface area contributed by atoms with Crippen LogP contribution in [0.15, 0.2) is 12.1 Å². The number of nitrogens with two attached hydrogens (primary N) is 1. The van der Waals surface area contributed by atoms with Crippen LogP contribution in [0.25, 0.3) is 0 Å². The first-order valence-corrected chi connectivity index (χ1v) is 6.68. The van der Waals surface area contributed by atoms with E-state index in [2.05, 4.69) is 0 Å². The summed E-state index contributed by atoms with van der Waals surface area (Å²) in [6, 6.07) is 2.59. The number of carboxylic acids is 2. The highest BCUT2D eigenvalue weighted by atomic mass is 16.4. The molecule has 7 nitrogen and oxygen atoms in total. The molecule has 0 saturated carbocycles. The Balaban J connectivity index is 3.40. The number of carbonyl (C=O) groups is 3. The first-order chi connectivity index (χ1) is 10.1. The number of hydrogen-bond acceptors (Lipinski definition) is 4. The molecule has 0 heterocycles. The van der Waals surface area contributed by atoms with Gasteiger partial charge in [0.05, 0.1) is 13.1 Å². The summed E-state index contributed by atoms with van der Waals surface area (Å²) in [4.78, 5) is 34.9. The van der Waals surface area contributed by atoms with Crippen molar-refractivity contribution in [1.29, 1.82) is 0 Å². The minimum atomic E-state index is -1.23. The van der Waals surface area contributed by atoms with Gasteiger partial charge in [0.25, 0.3) is 0 Å². The molecule has 0 aliphatic rings. The Morgan fingerprint density at radius 1 is 1.05 bits per heavy atom. The quantitative estimate of drug-likeness (QED) is 0.678. The molecule has 0 fully saturated rings. The second kappa shape index (κ2) is 7.04. The molecule has 4 N–H and O–H groups in total. The van der Waals surface area contributed by atoms with Gasteiger partial charge in [0.15, 0.2) is 0 Å². The van der Waals surface area contributed by atoms with Gasteiger partial charge in [-0.25, -0.2) is 0 Å². The van der Waals surface area contributed by atoms with E-state index in [1.165, 1.54) is 0 Å². The van der Waals surface area contributed by atoms with Crippen molar-refractivity contribution in [3.63, 3.8) is 0 Å². The number of carbonyl (C=O) groups excluding carboxylic acids is 1. The summed E-state index contributed by atoms with van der Waals surface area (Å²) in [5.41, 5.74) is 8.51. The molecule has 1 rings (SSSR count).